The van der Waals surface area contributed by atoms with E-state index in [2.05, 4.69) is 5.10 Å². The molecule has 4 aromatic heterocycles. The van der Waals surface area contributed by atoms with Gasteiger partial charge in [-0.05, 0) is 18.6 Å². The summed E-state index contributed by atoms with van der Waals surface area (Å²) in [6.45, 7) is 4.26. The van der Waals surface area contributed by atoms with Crippen LogP contribution in [0.15, 0.2) is 50.4 Å². The smallest absolute Gasteiger partial charge is 0.291 e. The molecule has 1 saturated heterocycles. The van der Waals surface area contributed by atoms with Crippen LogP contribution in [-0.2, 0) is 17.8 Å². The molecule has 0 radical (unpaired) electrons. The van der Waals surface area contributed by atoms with Gasteiger partial charge in [-0.2, -0.15) is 5.10 Å². The number of carbonyl (C=O) groups is 2. The maximum absolute atomic E-state index is 12.9. The van der Waals surface area contributed by atoms with Crippen LogP contribution in [-0.4, -0.2) is 62.0 Å². The van der Waals surface area contributed by atoms with Gasteiger partial charge in [0.25, 0.3) is 11.5 Å². The fraction of sp³-hybridized carbons (Fsp3) is 0.391. The van der Waals surface area contributed by atoms with Crippen molar-refractivity contribution in [3.8, 4) is 0 Å². The molecule has 0 bridgehead atoms. The van der Waals surface area contributed by atoms with Gasteiger partial charge in [0, 0.05) is 57.7 Å². The second-order valence-electron chi connectivity index (χ2n) is 8.09. The fourth-order valence-electron chi connectivity index (χ4n) is 4.36. The van der Waals surface area contributed by atoms with E-state index in [1.165, 1.54) is 10.9 Å². The van der Waals surface area contributed by atoms with Crippen molar-refractivity contribution >= 4 is 28.4 Å². The Morgan fingerprint density at radius 3 is 2.55 bits per heavy atom. The molecular weight excluding hydrogens is 426 g/mol. The minimum atomic E-state index is -0.198. The topological polar surface area (TPSA) is 106 Å². The summed E-state index contributed by atoms with van der Waals surface area (Å²) in [6, 6.07) is 6.89. The molecule has 5 rings (SSSR count). The second kappa shape index (κ2) is 8.61. The lowest BCUT2D eigenvalue weighted by molar-refractivity contribution is -0.132. The van der Waals surface area contributed by atoms with Gasteiger partial charge < -0.3 is 18.6 Å². The van der Waals surface area contributed by atoms with Crippen LogP contribution < -0.4 is 5.56 Å². The van der Waals surface area contributed by atoms with E-state index in [0.29, 0.717) is 68.8 Å². The molecule has 2 amide bonds. The van der Waals surface area contributed by atoms with Crippen LogP contribution in [0.2, 0.25) is 0 Å². The van der Waals surface area contributed by atoms with E-state index in [4.69, 9.17) is 8.83 Å². The van der Waals surface area contributed by atoms with Gasteiger partial charge in [0.05, 0.1) is 18.0 Å². The Kier molecular flexibility index (Phi) is 5.49. The van der Waals surface area contributed by atoms with Gasteiger partial charge in [0.2, 0.25) is 5.91 Å². The number of rotatable bonds is 6. The molecule has 1 aliphatic rings. The first-order chi connectivity index (χ1) is 16.1. The lowest BCUT2D eigenvalue weighted by atomic mass is 10.2. The van der Waals surface area contributed by atoms with Crippen LogP contribution in [0.5, 0.6) is 0 Å². The third kappa shape index (κ3) is 3.81. The highest BCUT2D eigenvalue weighted by atomic mass is 16.3. The molecule has 1 aliphatic heterocycles. The summed E-state index contributed by atoms with van der Waals surface area (Å²) in [5.41, 5.74) is 1.82. The molecule has 0 unspecified atom stereocenters. The Bertz CT molecular complexity index is 1360. The molecule has 4 aromatic rings. The Hall–Kier alpha value is -3.82. The number of hydrogen-bond acceptors (Lipinski definition) is 6. The number of nitrogens with zero attached hydrogens (tertiary/aromatic N) is 5. The Balaban J connectivity index is 1.19. The number of fused-ring (bicyclic) bond motifs is 3. The van der Waals surface area contributed by atoms with Gasteiger partial charge in [-0.3, -0.25) is 18.8 Å². The summed E-state index contributed by atoms with van der Waals surface area (Å²) in [5, 5.41) is 4.53. The lowest BCUT2D eigenvalue weighted by Gasteiger charge is -2.34. The van der Waals surface area contributed by atoms with Crippen LogP contribution in [0.25, 0.3) is 16.6 Å². The molecule has 0 saturated carbocycles. The minimum Gasteiger partial charge on any atom is -0.463 e. The zero-order valence-corrected chi connectivity index (χ0v) is 18.4. The number of piperazine rings is 1. The van der Waals surface area contributed by atoms with Crippen molar-refractivity contribution in [1.29, 1.82) is 0 Å². The first kappa shape index (κ1) is 21.0. The molecule has 10 nitrogen and oxygen atoms in total. The average Bonchev–Trinajstić information content (AvgIpc) is 3.58. The maximum atomic E-state index is 12.9. The van der Waals surface area contributed by atoms with Crippen molar-refractivity contribution in [3.05, 3.63) is 58.7 Å². The van der Waals surface area contributed by atoms with E-state index in [0.717, 1.165) is 11.3 Å². The number of amides is 2. The maximum Gasteiger partial charge on any atom is 0.291 e. The first-order valence-corrected chi connectivity index (χ1v) is 11.2. The fourth-order valence-corrected chi connectivity index (χ4v) is 4.36. The Morgan fingerprint density at radius 2 is 1.82 bits per heavy atom. The van der Waals surface area contributed by atoms with Crippen molar-refractivity contribution in [2.75, 3.05) is 26.2 Å². The standard InChI is InChI=1S/C23H25N5O5/c1-2-20-24-27(22(30)17-15-19-16(28(17)20)7-14-33-19)8-3-6-21(29)25-9-11-26(12-10-25)23(31)18-5-4-13-32-18/h4-5,7,13-15H,2-3,6,8-12H2,1H3. The molecule has 5 heterocycles. The highest BCUT2D eigenvalue weighted by Gasteiger charge is 2.26. The number of aromatic nitrogens is 3. The van der Waals surface area contributed by atoms with Crippen molar-refractivity contribution in [2.24, 2.45) is 0 Å². The molecule has 0 N–H and O–H groups in total. The summed E-state index contributed by atoms with van der Waals surface area (Å²) in [4.78, 5) is 41.4. The lowest BCUT2D eigenvalue weighted by Crippen LogP contribution is -2.50. The molecule has 0 aliphatic carbocycles. The van der Waals surface area contributed by atoms with Gasteiger partial charge in [-0.15, -0.1) is 0 Å². The predicted octanol–water partition coefficient (Wildman–Crippen LogP) is 2.16. The summed E-state index contributed by atoms with van der Waals surface area (Å²) >= 11 is 0. The van der Waals surface area contributed by atoms with E-state index in [-0.39, 0.29) is 17.4 Å². The highest BCUT2D eigenvalue weighted by molar-refractivity contribution is 5.91. The van der Waals surface area contributed by atoms with Gasteiger partial charge in [-0.1, -0.05) is 6.92 Å². The van der Waals surface area contributed by atoms with Gasteiger partial charge in [-0.25, -0.2) is 4.68 Å². The van der Waals surface area contributed by atoms with Crippen molar-refractivity contribution in [1.82, 2.24) is 24.0 Å². The minimum absolute atomic E-state index is 0.0186. The van der Waals surface area contributed by atoms with E-state index < -0.39 is 0 Å². The summed E-state index contributed by atoms with van der Waals surface area (Å²) in [7, 11) is 0. The van der Waals surface area contributed by atoms with E-state index >= 15 is 0 Å². The molecule has 33 heavy (non-hydrogen) atoms. The van der Waals surface area contributed by atoms with Gasteiger partial charge in [0.15, 0.2) is 11.3 Å². The van der Waals surface area contributed by atoms with Crippen LogP contribution in [0.1, 0.15) is 36.1 Å². The average molecular weight is 451 g/mol. The molecule has 1 fully saturated rings. The monoisotopic (exact) mass is 451 g/mol. The van der Waals surface area contributed by atoms with Crippen molar-refractivity contribution < 1.29 is 18.4 Å². The van der Waals surface area contributed by atoms with E-state index in [1.807, 2.05) is 17.4 Å². The predicted molar refractivity (Wildman–Crippen MR) is 119 cm³/mol. The Morgan fingerprint density at radius 1 is 1.03 bits per heavy atom. The van der Waals surface area contributed by atoms with Gasteiger partial charge in [0.1, 0.15) is 11.3 Å². The molecule has 0 aromatic carbocycles. The third-order valence-corrected chi connectivity index (χ3v) is 6.10. The third-order valence-electron chi connectivity index (χ3n) is 6.10. The molecule has 172 valence electrons. The number of carbonyl (C=O) groups excluding carboxylic acids is 2. The zero-order chi connectivity index (χ0) is 22.9. The van der Waals surface area contributed by atoms with Crippen molar-refractivity contribution in [3.63, 3.8) is 0 Å². The number of hydrogen-bond donors (Lipinski definition) is 0. The van der Waals surface area contributed by atoms with Crippen LogP contribution in [0.3, 0.4) is 0 Å². The van der Waals surface area contributed by atoms with Crippen molar-refractivity contribution in [2.45, 2.75) is 32.7 Å². The van der Waals surface area contributed by atoms with E-state index in [9.17, 15) is 14.4 Å². The summed E-state index contributed by atoms with van der Waals surface area (Å²) in [5.74, 6) is 0.943. The van der Waals surface area contributed by atoms with E-state index in [1.54, 1.807) is 34.3 Å². The van der Waals surface area contributed by atoms with Crippen LogP contribution >= 0.6 is 0 Å². The van der Waals surface area contributed by atoms with Gasteiger partial charge >= 0.3 is 0 Å². The number of furan rings is 2. The summed E-state index contributed by atoms with van der Waals surface area (Å²) in [6.07, 6.45) is 4.55. The molecular formula is C23H25N5O5. The van der Waals surface area contributed by atoms with Crippen LogP contribution in [0.4, 0.5) is 0 Å². The molecule has 10 heteroatoms. The quantitative estimate of drug-likeness (QED) is 0.445. The molecule has 0 spiro atoms. The zero-order valence-electron chi connectivity index (χ0n) is 18.4. The number of aryl methyl sites for hydroxylation is 2. The second-order valence-corrected chi connectivity index (χ2v) is 8.09. The highest BCUT2D eigenvalue weighted by Crippen LogP contribution is 2.20. The first-order valence-electron chi connectivity index (χ1n) is 11.2. The largest absolute Gasteiger partial charge is 0.463 e. The summed E-state index contributed by atoms with van der Waals surface area (Å²) < 4.78 is 13.9. The molecule has 0 atom stereocenters. The normalized spacial score (nSPS) is 14.5. The Labute approximate surface area is 189 Å². The van der Waals surface area contributed by atoms with Crippen LogP contribution in [0, 0.1) is 0 Å². The SMILES string of the molecule is CCc1nn(CCCC(=O)N2CCN(C(=O)c3ccco3)CC2)c(=O)c2cc3occc3n12.